The quantitative estimate of drug-likeness (QED) is 0.337. The third-order valence-corrected chi connectivity index (χ3v) is 7.50. The number of hydrogen-bond donors (Lipinski definition) is 5. The number of hydrogen-bond acceptors (Lipinski definition) is 8. The van der Waals surface area contributed by atoms with Crippen LogP contribution in [0.3, 0.4) is 0 Å². The summed E-state index contributed by atoms with van der Waals surface area (Å²) < 4.78 is 5.56. The van der Waals surface area contributed by atoms with Crippen molar-refractivity contribution in [3.8, 4) is 5.75 Å². The highest BCUT2D eigenvalue weighted by molar-refractivity contribution is 5.98. The SMILES string of the molecule is C[C@H]1NC(=O)C(C2CCO2)N(C)C(=O)[C@H](C)[C@H](O)[C@H](Cc2ccccc2)NC(=O)[C@H]1NC(=O)c1ncccc1O. The Morgan fingerprint density at radius 2 is 1.80 bits per heavy atom. The maximum Gasteiger partial charge on any atom is 0.274 e. The molecule has 2 saturated heterocycles. The Labute approximate surface area is 232 Å². The molecule has 12 nitrogen and oxygen atoms in total. The van der Waals surface area contributed by atoms with E-state index in [2.05, 4.69) is 20.9 Å². The van der Waals surface area contributed by atoms with Crippen molar-refractivity contribution in [1.82, 2.24) is 25.8 Å². The van der Waals surface area contributed by atoms with Crippen LogP contribution in [0.5, 0.6) is 5.75 Å². The van der Waals surface area contributed by atoms with Gasteiger partial charge in [0.15, 0.2) is 5.69 Å². The Bertz CT molecular complexity index is 1240. The van der Waals surface area contributed by atoms with Crippen LogP contribution in [0, 0.1) is 5.92 Å². The van der Waals surface area contributed by atoms with Gasteiger partial charge < -0.3 is 35.8 Å². The van der Waals surface area contributed by atoms with Crippen LogP contribution in [0.4, 0.5) is 0 Å². The second-order valence-corrected chi connectivity index (χ2v) is 10.3. The molecule has 0 saturated carbocycles. The molecule has 214 valence electrons. The minimum absolute atomic E-state index is 0.201. The van der Waals surface area contributed by atoms with E-state index in [0.717, 1.165) is 5.56 Å². The maximum atomic E-state index is 13.7. The first-order valence-electron chi connectivity index (χ1n) is 13.2. The molecule has 3 heterocycles. The number of ether oxygens (including phenoxy) is 1. The molecule has 1 aromatic carbocycles. The van der Waals surface area contributed by atoms with E-state index in [-0.39, 0.29) is 17.9 Å². The number of pyridine rings is 1. The molecule has 0 spiro atoms. The molecule has 4 amide bonds. The number of nitrogens with zero attached hydrogens (tertiary/aromatic N) is 2. The van der Waals surface area contributed by atoms with Gasteiger partial charge >= 0.3 is 0 Å². The van der Waals surface area contributed by atoms with Gasteiger partial charge in [-0.05, 0) is 37.5 Å². The van der Waals surface area contributed by atoms with Crippen LogP contribution < -0.4 is 16.0 Å². The third kappa shape index (κ3) is 6.23. The number of carbonyl (C=O) groups excluding carboxylic acids is 4. The van der Waals surface area contributed by atoms with E-state index in [0.29, 0.717) is 13.0 Å². The van der Waals surface area contributed by atoms with Crippen LogP contribution in [0.25, 0.3) is 0 Å². The summed E-state index contributed by atoms with van der Waals surface area (Å²) in [6.07, 6.45) is 0.200. The Morgan fingerprint density at radius 3 is 2.42 bits per heavy atom. The molecule has 12 heteroatoms. The van der Waals surface area contributed by atoms with Gasteiger partial charge in [0, 0.05) is 19.9 Å². The zero-order chi connectivity index (χ0) is 29.0. The number of benzene rings is 1. The molecule has 2 unspecified atom stereocenters. The molecule has 7 atom stereocenters. The Hall–Kier alpha value is -4.03. The van der Waals surface area contributed by atoms with Crippen molar-refractivity contribution in [1.29, 1.82) is 0 Å². The molecule has 0 radical (unpaired) electrons. The highest BCUT2D eigenvalue weighted by atomic mass is 16.5. The summed E-state index contributed by atoms with van der Waals surface area (Å²) in [5.41, 5.74) is 0.522. The molecule has 2 aromatic rings. The van der Waals surface area contributed by atoms with Crippen molar-refractivity contribution >= 4 is 23.6 Å². The third-order valence-electron chi connectivity index (χ3n) is 7.50. The normalized spacial score (nSPS) is 29.8. The monoisotopic (exact) mass is 553 g/mol. The number of aliphatic hydroxyl groups is 1. The Balaban J connectivity index is 1.70. The number of amides is 4. The Morgan fingerprint density at radius 1 is 1.10 bits per heavy atom. The van der Waals surface area contributed by atoms with E-state index in [1.807, 2.05) is 30.3 Å². The van der Waals surface area contributed by atoms with Gasteiger partial charge in [-0.25, -0.2) is 4.98 Å². The van der Waals surface area contributed by atoms with Gasteiger partial charge in [-0.3, -0.25) is 19.2 Å². The van der Waals surface area contributed by atoms with Crippen molar-refractivity contribution < 1.29 is 34.1 Å². The maximum absolute atomic E-state index is 13.7. The molecule has 2 aliphatic rings. The van der Waals surface area contributed by atoms with E-state index in [1.54, 1.807) is 6.92 Å². The predicted molar refractivity (Wildman–Crippen MR) is 143 cm³/mol. The highest BCUT2D eigenvalue weighted by Crippen LogP contribution is 2.24. The molecule has 4 rings (SSSR count). The lowest BCUT2D eigenvalue weighted by molar-refractivity contribution is -0.159. The fourth-order valence-electron chi connectivity index (χ4n) is 5.04. The topological polar surface area (TPSA) is 170 Å². The van der Waals surface area contributed by atoms with Crippen LogP contribution >= 0.6 is 0 Å². The van der Waals surface area contributed by atoms with Gasteiger partial charge in [-0.2, -0.15) is 0 Å². The van der Waals surface area contributed by atoms with Crippen LogP contribution in [-0.2, 0) is 25.5 Å². The largest absolute Gasteiger partial charge is 0.505 e. The number of rotatable bonds is 5. The molecule has 1 aromatic heterocycles. The number of aliphatic hydroxyl groups excluding tert-OH is 1. The van der Waals surface area contributed by atoms with Gasteiger partial charge in [0.2, 0.25) is 17.7 Å². The van der Waals surface area contributed by atoms with Crippen molar-refractivity contribution in [3.05, 3.63) is 59.9 Å². The van der Waals surface area contributed by atoms with E-state index in [9.17, 15) is 29.4 Å². The molecule has 2 aliphatic heterocycles. The van der Waals surface area contributed by atoms with E-state index < -0.39 is 65.9 Å². The van der Waals surface area contributed by atoms with E-state index in [1.165, 1.54) is 37.2 Å². The molecule has 40 heavy (non-hydrogen) atoms. The first-order valence-corrected chi connectivity index (χ1v) is 13.2. The summed E-state index contributed by atoms with van der Waals surface area (Å²) in [4.78, 5) is 58.8. The minimum atomic E-state index is -1.32. The predicted octanol–water partition coefficient (Wildman–Crippen LogP) is -0.256. The highest BCUT2D eigenvalue weighted by Gasteiger charge is 2.44. The number of likely N-dealkylation sites (N-methyl/N-ethyl adjacent to an activating group) is 1. The first kappa shape index (κ1) is 29.0. The standard InChI is InChI=1S/C28H35N5O7/c1-15-24(35)18(14-17-8-5-4-6-9-17)31-25(36)21(32-26(37)22-19(34)10-7-12-29-22)16(2)30-27(38)23(20-11-13-40-20)33(3)28(15)39/h4-10,12,15-16,18,20-21,23-24,34-35H,11,13-14H2,1-3H3,(H,30,38)(H,31,36)(H,32,37)/t15-,16-,18+,20?,21+,23?,24+/m1/s1. The fraction of sp³-hybridized carbons (Fsp3) is 0.464. The summed E-state index contributed by atoms with van der Waals surface area (Å²) in [5, 5.41) is 29.6. The summed E-state index contributed by atoms with van der Waals surface area (Å²) in [7, 11) is 1.49. The van der Waals surface area contributed by atoms with Gasteiger partial charge in [0.05, 0.1) is 30.2 Å². The molecule has 0 aliphatic carbocycles. The van der Waals surface area contributed by atoms with E-state index in [4.69, 9.17) is 4.74 Å². The van der Waals surface area contributed by atoms with Gasteiger partial charge in [0.25, 0.3) is 5.91 Å². The lowest BCUT2D eigenvalue weighted by atomic mass is 9.90. The fourth-order valence-corrected chi connectivity index (χ4v) is 5.04. The smallest absolute Gasteiger partial charge is 0.274 e. The first-order chi connectivity index (χ1) is 19.1. The second-order valence-electron chi connectivity index (χ2n) is 10.3. The average molecular weight is 554 g/mol. The van der Waals surface area contributed by atoms with Crippen LogP contribution in [-0.4, -0.2) is 93.8 Å². The number of nitrogens with one attached hydrogen (secondary N) is 3. The van der Waals surface area contributed by atoms with Crippen molar-refractivity contribution in [3.63, 3.8) is 0 Å². The lowest BCUT2D eigenvalue weighted by Gasteiger charge is -2.41. The van der Waals surface area contributed by atoms with Crippen LogP contribution in [0.15, 0.2) is 48.7 Å². The summed E-state index contributed by atoms with van der Waals surface area (Å²) >= 11 is 0. The summed E-state index contributed by atoms with van der Waals surface area (Å²) in [6.45, 7) is 3.53. The molecular weight excluding hydrogens is 518 g/mol. The summed E-state index contributed by atoms with van der Waals surface area (Å²) in [5.74, 6) is -3.92. The van der Waals surface area contributed by atoms with E-state index >= 15 is 0 Å². The number of aromatic nitrogens is 1. The minimum Gasteiger partial charge on any atom is -0.505 e. The molecular formula is C28H35N5O7. The van der Waals surface area contributed by atoms with Crippen molar-refractivity contribution in [2.75, 3.05) is 13.7 Å². The van der Waals surface area contributed by atoms with Crippen LogP contribution in [0.2, 0.25) is 0 Å². The number of aromatic hydroxyl groups is 1. The average Bonchev–Trinajstić information content (AvgIpc) is 2.91. The lowest BCUT2D eigenvalue weighted by Crippen LogP contribution is -2.66. The van der Waals surface area contributed by atoms with Crippen molar-refractivity contribution in [2.45, 2.75) is 63.1 Å². The molecule has 2 fully saturated rings. The molecule has 5 N–H and O–H groups in total. The second kappa shape index (κ2) is 12.4. The Kier molecular flexibility index (Phi) is 9.00. The molecule has 0 bridgehead atoms. The number of carbonyl (C=O) groups is 4. The zero-order valence-corrected chi connectivity index (χ0v) is 22.6. The summed E-state index contributed by atoms with van der Waals surface area (Å²) in [6, 6.07) is 7.71. The zero-order valence-electron chi connectivity index (χ0n) is 22.6. The van der Waals surface area contributed by atoms with Crippen LogP contribution in [0.1, 0.15) is 36.3 Å². The van der Waals surface area contributed by atoms with Crippen molar-refractivity contribution in [2.24, 2.45) is 5.92 Å². The van der Waals surface area contributed by atoms with Gasteiger partial charge in [-0.1, -0.05) is 37.3 Å². The van der Waals surface area contributed by atoms with Gasteiger partial charge in [-0.15, -0.1) is 0 Å². The van der Waals surface area contributed by atoms with Gasteiger partial charge in [0.1, 0.15) is 17.8 Å².